The molecule has 262 valence electrons. The second kappa shape index (κ2) is 11.3. The molecule has 7 aliphatic rings. The molecular formula is C43H63N3O2. The van der Waals surface area contributed by atoms with Crippen molar-refractivity contribution in [2.75, 3.05) is 26.2 Å². The van der Waals surface area contributed by atoms with Crippen LogP contribution in [0.1, 0.15) is 122 Å². The predicted octanol–water partition coefficient (Wildman–Crippen LogP) is 8.42. The van der Waals surface area contributed by atoms with E-state index in [2.05, 4.69) is 69.7 Å². The van der Waals surface area contributed by atoms with E-state index in [0.29, 0.717) is 34.1 Å². The molecule has 2 bridgehead atoms. The van der Waals surface area contributed by atoms with Crippen LogP contribution in [0, 0.1) is 51.2 Å². The summed E-state index contributed by atoms with van der Waals surface area (Å²) in [5, 5.41) is 17.5. The number of allylic oxidation sites excluding steroid dienone is 3. The van der Waals surface area contributed by atoms with E-state index in [1.54, 1.807) is 12.1 Å². The summed E-state index contributed by atoms with van der Waals surface area (Å²) in [4.78, 5) is 14.3. The summed E-state index contributed by atoms with van der Waals surface area (Å²) in [5.41, 5.74) is 5.70. The van der Waals surface area contributed by atoms with Gasteiger partial charge in [-0.3, -0.25) is 4.90 Å². The third-order valence-corrected chi connectivity index (χ3v) is 17.1. The highest BCUT2D eigenvalue weighted by molar-refractivity contribution is 5.88. The smallest absolute Gasteiger partial charge is 0.335 e. The molecule has 5 heteroatoms. The topological polar surface area (TPSA) is 64.6 Å². The summed E-state index contributed by atoms with van der Waals surface area (Å²) in [7, 11) is 0. The number of aromatic carboxylic acids is 1. The standard InChI is InChI=1S/C43H63N3O2/c1-27(2)32-14-19-43(45-22-23-46-26-30-24-31(46)25-44-30)21-20-41(6)34(37(32)43)12-13-36-40(5)17-15-33(28-8-10-29(11-9-28)38(47)48)39(3,4)35(40)16-18-42(36,41)7/h8-11,15,30-32,34-37,44-45H,1,12-14,16-26H2,2-7H3,(H,47,48)/t30-,31-,32-,34+,35-,36+,37+,40-,41+,42+,43-/m0/s1. The predicted molar refractivity (Wildman–Crippen MR) is 196 cm³/mol. The lowest BCUT2D eigenvalue weighted by atomic mass is 9.33. The van der Waals surface area contributed by atoms with Crippen LogP contribution < -0.4 is 10.6 Å². The lowest BCUT2D eigenvalue weighted by Crippen LogP contribution is -2.68. The Morgan fingerprint density at radius 2 is 1.75 bits per heavy atom. The van der Waals surface area contributed by atoms with Gasteiger partial charge in [0, 0.05) is 43.8 Å². The Bertz CT molecular complexity index is 1500. The Labute approximate surface area is 290 Å². The average Bonchev–Trinajstić information content (AvgIpc) is 3.76. The van der Waals surface area contributed by atoms with Gasteiger partial charge in [0.15, 0.2) is 0 Å². The Balaban J connectivity index is 1.07. The molecule has 3 N–H and O–H groups in total. The van der Waals surface area contributed by atoms with Crippen molar-refractivity contribution in [2.24, 2.45) is 51.2 Å². The van der Waals surface area contributed by atoms with Crippen LogP contribution in [0.25, 0.3) is 5.57 Å². The van der Waals surface area contributed by atoms with Gasteiger partial charge in [0.25, 0.3) is 0 Å². The first-order valence-electron chi connectivity index (χ1n) is 19.7. The van der Waals surface area contributed by atoms with Gasteiger partial charge in [0.1, 0.15) is 0 Å². The van der Waals surface area contributed by atoms with Crippen molar-refractivity contribution in [1.82, 2.24) is 15.5 Å². The van der Waals surface area contributed by atoms with Gasteiger partial charge >= 0.3 is 5.97 Å². The molecule has 1 aromatic carbocycles. The lowest BCUT2D eigenvalue weighted by Gasteiger charge is -2.72. The zero-order chi connectivity index (χ0) is 33.9. The zero-order valence-corrected chi connectivity index (χ0v) is 30.8. The molecule has 0 amide bonds. The lowest BCUT2D eigenvalue weighted by molar-refractivity contribution is -0.219. The van der Waals surface area contributed by atoms with Crippen LogP contribution in [0.2, 0.25) is 0 Å². The Morgan fingerprint density at radius 1 is 0.979 bits per heavy atom. The first-order valence-corrected chi connectivity index (χ1v) is 19.7. The van der Waals surface area contributed by atoms with Crippen LogP contribution in [-0.4, -0.2) is 59.8 Å². The maximum atomic E-state index is 11.6. The van der Waals surface area contributed by atoms with E-state index in [-0.39, 0.29) is 16.4 Å². The van der Waals surface area contributed by atoms with Gasteiger partial charge in [0.2, 0.25) is 0 Å². The van der Waals surface area contributed by atoms with Crippen molar-refractivity contribution >= 4 is 11.5 Å². The van der Waals surface area contributed by atoms with Gasteiger partial charge in [-0.25, -0.2) is 4.79 Å². The number of carboxylic acid groups (broad SMARTS) is 1. The molecule has 5 nitrogen and oxygen atoms in total. The minimum Gasteiger partial charge on any atom is -0.478 e. The molecule has 2 aliphatic heterocycles. The summed E-state index contributed by atoms with van der Waals surface area (Å²) in [6.45, 7) is 24.9. The van der Waals surface area contributed by atoms with Crippen LogP contribution >= 0.6 is 0 Å². The molecule has 5 aliphatic carbocycles. The van der Waals surface area contributed by atoms with Crippen LogP contribution in [0.4, 0.5) is 0 Å². The molecule has 0 radical (unpaired) electrons. The van der Waals surface area contributed by atoms with Crippen molar-refractivity contribution < 1.29 is 9.90 Å². The number of carbonyl (C=O) groups is 1. The molecule has 0 aromatic heterocycles. The van der Waals surface area contributed by atoms with E-state index >= 15 is 0 Å². The van der Waals surface area contributed by atoms with Crippen molar-refractivity contribution in [3.8, 4) is 0 Å². The largest absolute Gasteiger partial charge is 0.478 e. The average molecular weight is 654 g/mol. The number of piperazine rings is 1. The Morgan fingerprint density at radius 3 is 2.42 bits per heavy atom. The number of carboxylic acids is 1. The normalized spacial score (nSPS) is 45.9. The summed E-state index contributed by atoms with van der Waals surface area (Å²) in [6, 6.07) is 9.15. The molecule has 4 saturated carbocycles. The highest BCUT2D eigenvalue weighted by Crippen LogP contribution is 2.76. The third kappa shape index (κ3) is 4.61. The molecule has 2 heterocycles. The van der Waals surface area contributed by atoms with E-state index in [1.165, 1.54) is 94.1 Å². The van der Waals surface area contributed by atoms with Gasteiger partial charge in [0.05, 0.1) is 5.56 Å². The van der Waals surface area contributed by atoms with Crippen molar-refractivity contribution in [3.05, 3.63) is 53.6 Å². The van der Waals surface area contributed by atoms with E-state index < -0.39 is 5.97 Å². The fraction of sp³-hybridized carbons (Fsp3) is 0.744. The van der Waals surface area contributed by atoms with Gasteiger partial charge in [-0.15, -0.1) is 0 Å². The number of rotatable bonds is 7. The number of nitrogens with one attached hydrogen (secondary N) is 2. The van der Waals surface area contributed by atoms with Crippen LogP contribution in [0.3, 0.4) is 0 Å². The first-order chi connectivity index (χ1) is 22.7. The van der Waals surface area contributed by atoms with Crippen LogP contribution in [-0.2, 0) is 0 Å². The molecule has 0 unspecified atom stereocenters. The number of benzene rings is 1. The number of fused-ring (bicyclic) bond motifs is 9. The summed E-state index contributed by atoms with van der Waals surface area (Å²) in [6.07, 6.45) is 15.7. The highest BCUT2D eigenvalue weighted by atomic mass is 16.4. The van der Waals surface area contributed by atoms with Crippen molar-refractivity contribution in [2.45, 2.75) is 123 Å². The molecule has 1 aromatic rings. The maximum absolute atomic E-state index is 11.6. The quantitative estimate of drug-likeness (QED) is 0.258. The first kappa shape index (κ1) is 33.2. The molecular weight excluding hydrogens is 590 g/mol. The number of nitrogens with zero attached hydrogens (tertiary/aromatic N) is 1. The second-order valence-electron chi connectivity index (χ2n) is 19.2. The van der Waals surface area contributed by atoms with Crippen LogP contribution in [0.15, 0.2) is 42.5 Å². The Hall–Kier alpha value is -1.95. The maximum Gasteiger partial charge on any atom is 0.335 e. The van der Waals surface area contributed by atoms with E-state index in [1.807, 2.05) is 12.1 Å². The van der Waals surface area contributed by atoms with Gasteiger partial charge in [-0.1, -0.05) is 65.0 Å². The summed E-state index contributed by atoms with van der Waals surface area (Å²) < 4.78 is 0. The second-order valence-corrected chi connectivity index (χ2v) is 19.2. The van der Waals surface area contributed by atoms with Crippen molar-refractivity contribution in [3.63, 3.8) is 0 Å². The zero-order valence-electron chi connectivity index (χ0n) is 30.8. The van der Waals surface area contributed by atoms with Gasteiger partial charge in [-0.2, -0.15) is 0 Å². The molecule has 2 saturated heterocycles. The van der Waals surface area contributed by atoms with Crippen LogP contribution in [0.5, 0.6) is 0 Å². The molecule has 8 rings (SSSR count). The monoisotopic (exact) mass is 653 g/mol. The summed E-state index contributed by atoms with van der Waals surface area (Å²) >= 11 is 0. The minimum atomic E-state index is -0.851. The van der Waals surface area contributed by atoms with Gasteiger partial charge < -0.3 is 15.7 Å². The van der Waals surface area contributed by atoms with E-state index in [0.717, 1.165) is 36.9 Å². The number of hydrogen-bond donors (Lipinski definition) is 3. The third-order valence-electron chi connectivity index (χ3n) is 17.1. The van der Waals surface area contributed by atoms with E-state index in [9.17, 15) is 9.90 Å². The van der Waals surface area contributed by atoms with Crippen molar-refractivity contribution in [1.29, 1.82) is 0 Å². The van der Waals surface area contributed by atoms with E-state index in [4.69, 9.17) is 0 Å². The minimum absolute atomic E-state index is 0.0455. The fourth-order valence-electron chi connectivity index (χ4n) is 14.7. The molecule has 48 heavy (non-hydrogen) atoms. The molecule has 0 spiro atoms. The number of hydrogen-bond acceptors (Lipinski definition) is 4. The van der Waals surface area contributed by atoms with Gasteiger partial charge in [-0.05, 0) is 146 Å². The summed E-state index contributed by atoms with van der Waals surface area (Å²) in [5.74, 6) is 2.60. The Kier molecular flexibility index (Phi) is 7.80. The fourth-order valence-corrected chi connectivity index (χ4v) is 14.7. The molecule has 6 fully saturated rings. The highest BCUT2D eigenvalue weighted by Gasteiger charge is 2.70. The number of likely N-dealkylation sites (tertiary alicyclic amines) is 1. The SMILES string of the molecule is C=C(C)[C@@H]1CC[C@]2(NCCN3C[C@@H]4C[C@H]3CN4)CC[C@]3(C)[C@H](CC[C@@H]4[C@@]5(C)CC=C(c6ccc(C(=O)O)cc6)C(C)(C)[C@@H]5CC[C@]43C)[C@@H]12. The molecule has 11 atom stereocenters.